The fraction of sp³-hybridized carbons (Fsp3) is 0.750. The molecule has 0 aliphatic carbocycles. The number of hydrogen-bond donors (Lipinski definition) is 2. The summed E-state index contributed by atoms with van der Waals surface area (Å²) in [6.45, 7) is 7.81. The van der Waals surface area contributed by atoms with Crippen LogP contribution in [0.3, 0.4) is 0 Å². The van der Waals surface area contributed by atoms with Crippen LogP contribution in [0.25, 0.3) is 0 Å². The molecule has 1 fully saturated rings. The molecule has 3 nitrogen and oxygen atoms in total. The second-order valence-corrected chi connectivity index (χ2v) is 5.90. The quantitative estimate of drug-likeness (QED) is 0.826. The number of rotatable bonds is 5. The molecule has 2 rings (SSSR count). The Labute approximate surface area is 102 Å². The molecule has 0 spiro atoms. The Hall–Kier alpha value is -0.450. The first-order chi connectivity index (χ1) is 7.75. The van der Waals surface area contributed by atoms with Crippen LogP contribution in [-0.4, -0.2) is 24.6 Å². The lowest BCUT2D eigenvalue weighted by Gasteiger charge is -2.13. The Morgan fingerprint density at radius 2 is 2.56 bits per heavy atom. The van der Waals surface area contributed by atoms with E-state index in [9.17, 15) is 0 Å². The Bertz CT molecular complexity index is 318. The highest BCUT2D eigenvalue weighted by molar-refractivity contribution is 7.11. The van der Waals surface area contributed by atoms with Gasteiger partial charge >= 0.3 is 0 Å². The lowest BCUT2D eigenvalue weighted by molar-refractivity contribution is 0.471. The van der Waals surface area contributed by atoms with Gasteiger partial charge in [0.1, 0.15) is 5.01 Å². The van der Waals surface area contributed by atoms with Crippen LogP contribution < -0.4 is 10.6 Å². The molecule has 90 valence electrons. The largest absolute Gasteiger partial charge is 0.316 e. The molecule has 0 saturated carbocycles. The average Bonchev–Trinajstić information content (AvgIpc) is 2.89. The van der Waals surface area contributed by atoms with Gasteiger partial charge in [-0.25, -0.2) is 4.98 Å². The fourth-order valence-corrected chi connectivity index (χ4v) is 2.93. The van der Waals surface area contributed by atoms with Gasteiger partial charge in [-0.3, -0.25) is 0 Å². The van der Waals surface area contributed by atoms with Crippen LogP contribution in [0.15, 0.2) is 6.20 Å². The van der Waals surface area contributed by atoms with E-state index in [-0.39, 0.29) is 0 Å². The molecular formula is C12H21N3S. The number of thiazole rings is 1. The van der Waals surface area contributed by atoms with Crippen molar-refractivity contribution in [3.63, 3.8) is 0 Å². The van der Waals surface area contributed by atoms with Crippen molar-refractivity contribution in [3.8, 4) is 0 Å². The van der Waals surface area contributed by atoms with E-state index in [1.54, 1.807) is 11.3 Å². The summed E-state index contributed by atoms with van der Waals surface area (Å²) in [6, 6.07) is 0.396. The van der Waals surface area contributed by atoms with E-state index in [1.807, 2.05) is 6.20 Å². The Kier molecular flexibility index (Phi) is 4.32. The first-order valence-electron chi connectivity index (χ1n) is 6.12. The lowest BCUT2D eigenvalue weighted by Crippen LogP contribution is -2.22. The third-order valence-corrected chi connectivity index (χ3v) is 4.27. The van der Waals surface area contributed by atoms with Gasteiger partial charge in [-0.15, -0.1) is 11.3 Å². The van der Waals surface area contributed by atoms with Gasteiger partial charge in [0.05, 0.1) is 6.04 Å². The molecule has 4 heteroatoms. The van der Waals surface area contributed by atoms with Crippen LogP contribution in [0.5, 0.6) is 0 Å². The van der Waals surface area contributed by atoms with Gasteiger partial charge in [-0.1, -0.05) is 0 Å². The predicted octanol–water partition coefficient (Wildman–Crippen LogP) is 2.10. The smallest absolute Gasteiger partial charge is 0.109 e. The molecule has 2 N–H and O–H groups in total. The van der Waals surface area contributed by atoms with Crippen molar-refractivity contribution >= 4 is 11.3 Å². The van der Waals surface area contributed by atoms with Crippen molar-refractivity contribution < 1.29 is 0 Å². The summed E-state index contributed by atoms with van der Waals surface area (Å²) in [4.78, 5) is 5.70. The average molecular weight is 239 g/mol. The summed E-state index contributed by atoms with van der Waals surface area (Å²) in [5.41, 5.74) is 0. The van der Waals surface area contributed by atoms with E-state index in [4.69, 9.17) is 0 Å². The molecule has 1 saturated heterocycles. The van der Waals surface area contributed by atoms with E-state index in [1.165, 1.54) is 35.8 Å². The van der Waals surface area contributed by atoms with Crippen molar-refractivity contribution in [2.24, 2.45) is 5.92 Å². The molecule has 0 radical (unpaired) electrons. The van der Waals surface area contributed by atoms with Crippen molar-refractivity contribution in [1.82, 2.24) is 15.6 Å². The summed E-state index contributed by atoms with van der Waals surface area (Å²) >= 11 is 1.79. The van der Waals surface area contributed by atoms with E-state index in [0.29, 0.717) is 6.04 Å². The van der Waals surface area contributed by atoms with Gasteiger partial charge in [-0.2, -0.15) is 0 Å². The van der Waals surface area contributed by atoms with Crippen LogP contribution in [0.1, 0.15) is 35.7 Å². The van der Waals surface area contributed by atoms with Crippen LogP contribution in [-0.2, 0) is 0 Å². The van der Waals surface area contributed by atoms with Gasteiger partial charge in [0, 0.05) is 11.1 Å². The van der Waals surface area contributed by atoms with Crippen LogP contribution in [0.4, 0.5) is 0 Å². The standard InChI is InChI=1S/C12H21N3S/c1-9-7-15-12(16-9)10(2)14-6-4-11-3-5-13-8-11/h7,10-11,13-14H,3-6,8H2,1-2H3. The zero-order chi connectivity index (χ0) is 11.4. The number of nitrogens with zero attached hydrogens (tertiary/aromatic N) is 1. The Morgan fingerprint density at radius 3 is 3.19 bits per heavy atom. The molecule has 0 amide bonds. The first kappa shape index (κ1) is 12.0. The number of hydrogen-bond acceptors (Lipinski definition) is 4. The number of aromatic nitrogens is 1. The summed E-state index contributed by atoms with van der Waals surface area (Å²) < 4.78 is 0. The summed E-state index contributed by atoms with van der Waals surface area (Å²) in [5.74, 6) is 0.873. The van der Waals surface area contributed by atoms with Gasteiger partial charge < -0.3 is 10.6 Å². The van der Waals surface area contributed by atoms with E-state index in [0.717, 1.165) is 12.5 Å². The first-order valence-corrected chi connectivity index (χ1v) is 6.94. The monoisotopic (exact) mass is 239 g/mol. The van der Waals surface area contributed by atoms with Crippen molar-refractivity contribution in [2.45, 2.75) is 32.7 Å². The van der Waals surface area contributed by atoms with Crippen LogP contribution in [0, 0.1) is 12.8 Å². The summed E-state index contributed by atoms with van der Waals surface area (Å²) in [7, 11) is 0. The molecule has 16 heavy (non-hydrogen) atoms. The molecular weight excluding hydrogens is 218 g/mol. The van der Waals surface area contributed by atoms with Crippen molar-refractivity contribution in [3.05, 3.63) is 16.1 Å². The minimum Gasteiger partial charge on any atom is -0.316 e. The van der Waals surface area contributed by atoms with E-state index < -0.39 is 0 Å². The van der Waals surface area contributed by atoms with Gasteiger partial charge in [0.2, 0.25) is 0 Å². The van der Waals surface area contributed by atoms with Gasteiger partial charge in [-0.05, 0) is 52.2 Å². The number of nitrogens with one attached hydrogen (secondary N) is 2. The maximum absolute atomic E-state index is 4.41. The second kappa shape index (κ2) is 5.75. The third kappa shape index (κ3) is 3.27. The normalized spacial score (nSPS) is 22.5. The van der Waals surface area contributed by atoms with E-state index >= 15 is 0 Å². The highest BCUT2D eigenvalue weighted by Crippen LogP contribution is 2.19. The third-order valence-electron chi connectivity index (χ3n) is 3.18. The van der Waals surface area contributed by atoms with Crippen LogP contribution in [0.2, 0.25) is 0 Å². The van der Waals surface area contributed by atoms with Crippen LogP contribution >= 0.6 is 11.3 Å². The fourth-order valence-electron chi connectivity index (χ4n) is 2.12. The Balaban J connectivity index is 1.69. The minimum absolute atomic E-state index is 0.396. The topological polar surface area (TPSA) is 37.0 Å². The highest BCUT2D eigenvalue weighted by atomic mass is 32.1. The molecule has 0 aromatic carbocycles. The van der Waals surface area contributed by atoms with Gasteiger partial charge in [0.25, 0.3) is 0 Å². The molecule has 1 aliphatic heterocycles. The summed E-state index contributed by atoms with van der Waals surface area (Å²) in [5, 5.41) is 8.18. The lowest BCUT2D eigenvalue weighted by atomic mass is 10.1. The SMILES string of the molecule is Cc1cnc(C(C)NCCC2CCNC2)s1. The molecule has 2 heterocycles. The molecule has 2 unspecified atom stereocenters. The zero-order valence-corrected chi connectivity index (χ0v) is 10.9. The van der Waals surface area contributed by atoms with Crippen molar-refractivity contribution in [2.75, 3.05) is 19.6 Å². The summed E-state index contributed by atoms with van der Waals surface area (Å²) in [6.07, 6.45) is 4.58. The Morgan fingerprint density at radius 1 is 1.69 bits per heavy atom. The molecule has 2 atom stereocenters. The van der Waals surface area contributed by atoms with E-state index in [2.05, 4.69) is 29.5 Å². The second-order valence-electron chi connectivity index (χ2n) is 4.63. The maximum Gasteiger partial charge on any atom is 0.109 e. The predicted molar refractivity (Wildman–Crippen MR) is 68.9 cm³/mol. The number of aryl methyl sites for hydroxylation is 1. The molecule has 1 aromatic heterocycles. The highest BCUT2D eigenvalue weighted by Gasteiger charge is 2.14. The minimum atomic E-state index is 0.396. The molecule has 1 aliphatic rings. The maximum atomic E-state index is 4.41. The van der Waals surface area contributed by atoms with Crippen molar-refractivity contribution in [1.29, 1.82) is 0 Å². The zero-order valence-electron chi connectivity index (χ0n) is 10.1. The molecule has 0 bridgehead atoms. The van der Waals surface area contributed by atoms with Gasteiger partial charge in [0.15, 0.2) is 0 Å². The molecule has 1 aromatic rings.